The average Bonchev–Trinajstić information content (AvgIpc) is 2.96. The summed E-state index contributed by atoms with van der Waals surface area (Å²) in [7, 11) is 0. The zero-order valence-corrected chi connectivity index (χ0v) is 14.3. The second kappa shape index (κ2) is 8.18. The van der Waals surface area contributed by atoms with Crippen LogP contribution in [0.2, 0.25) is 0 Å². The number of amides is 2. The molecule has 0 radical (unpaired) electrons. The van der Waals surface area contributed by atoms with E-state index >= 15 is 0 Å². The van der Waals surface area contributed by atoms with E-state index in [1.807, 2.05) is 0 Å². The first kappa shape index (κ1) is 18.3. The minimum Gasteiger partial charge on any atom is -0.463 e. The number of carbonyl (C=O) groups excluding carboxylic acids is 3. The number of carbonyl (C=O) groups is 3. The van der Waals surface area contributed by atoms with Crippen molar-refractivity contribution < 1.29 is 28.3 Å². The highest BCUT2D eigenvalue weighted by atomic mass is 16.5. The predicted molar refractivity (Wildman–Crippen MR) is 88.2 cm³/mol. The van der Waals surface area contributed by atoms with E-state index in [1.165, 1.54) is 12.2 Å². The highest BCUT2D eigenvalue weighted by Gasteiger charge is 2.30. The fourth-order valence-corrected chi connectivity index (χ4v) is 2.28. The van der Waals surface area contributed by atoms with Crippen LogP contribution in [0.15, 0.2) is 33.9 Å². The Labute approximate surface area is 144 Å². The third-order valence-electron chi connectivity index (χ3n) is 3.37. The highest BCUT2D eigenvalue weighted by Crippen LogP contribution is 2.15. The van der Waals surface area contributed by atoms with Crippen molar-refractivity contribution in [2.45, 2.75) is 26.8 Å². The van der Waals surface area contributed by atoms with E-state index in [-0.39, 0.29) is 24.5 Å². The van der Waals surface area contributed by atoms with Gasteiger partial charge in [-0.15, -0.1) is 0 Å². The van der Waals surface area contributed by atoms with Crippen LogP contribution in [0.3, 0.4) is 0 Å². The number of furan rings is 1. The molecule has 0 saturated carbocycles. The Bertz CT molecular complexity index is 731. The molecule has 8 heteroatoms. The summed E-state index contributed by atoms with van der Waals surface area (Å²) in [4.78, 5) is 35.5. The summed E-state index contributed by atoms with van der Waals surface area (Å²) in [5.41, 5.74) is 0.421. The fraction of sp³-hybridized carbons (Fsp3) is 0.353. The maximum Gasteiger partial charge on any atom is 0.338 e. The molecule has 0 saturated heterocycles. The quantitative estimate of drug-likeness (QED) is 0.598. The molecule has 0 fully saturated rings. The van der Waals surface area contributed by atoms with Crippen molar-refractivity contribution in [1.82, 2.24) is 10.6 Å². The molecule has 0 spiro atoms. The number of rotatable bonds is 6. The summed E-state index contributed by atoms with van der Waals surface area (Å²) in [6, 6.07) is 2.46. The summed E-state index contributed by atoms with van der Waals surface area (Å²) in [6.07, 6.45) is 2.68. The summed E-state index contributed by atoms with van der Waals surface area (Å²) >= 11 is 0. The number of urea groups is 1. The van der Waals surface area contributed by atoms with E-state index in [9.17, 15) is 14.4 Å². The van der Waals surface area contributed by atoms with Crippen LogP contribution >= 0.6 is 0 Å². The molecule has 0 unspecified atom stereocenters. The van der Waals surface area contributed by atoms with Crippen molar-refractivity contribution in [3.8, 4) is 0 Å². The van der Waals surface area contributed by atoms with Gasteiger partial charge in [-0.3, -0.25) is 0 Å². The van der Waals surface area contributed by atoms with Gasteiger partial charge in [-0.2, -0.15) is 0 Å². The van der Waals surface area contributed by atoms with Gasteiger partial charge in [0, 0.05) is 6.08 Å². The van der Waals surface area contributed by atoms with Crippen LogP contribution in [0.1, 0.15) is 25.4 Å². The van der Waals surface area contributed by atoms with Gasteiger partial charge in [0.05, 0.1) is 23.9 Å². The largest absolute Gasteiger partial charge is 0.463 e. The Morgan fingerprint density at radius 3 is 2.72 bits per heavy atom. The molecule has 0 aromatic carbocycles. The maximum absolute atomic E-state index is 12.0. The molecule has 2 amide bonds. The smallest absolute Gasteiger partial charge is 0.338 e. The molecule has 1 aromatic heterocycles. The molecular formula is C17H20N2O6. The van der Waals surface area contributed by atoms with Gasteiger partial charge in [0.15, 0.2) is 0 Å². The second-order valence-electron chi connectivity index (χ2n) is 5.32. The van der Waals surface area contributed by atoms with Crippen molar-refractivity contribution in [3.63, 3.8) is 0 Å². The van der Waals surface area contributed by atoms with Crippen molar-refractivity contribution in [2.75, 3.05) is 13.2 Å². The van der Waals surface area contributed by atoms with E-state index in [2.05, 4.69) is 10.6 Å². The molecule has 8 nitrogen and oxygen atoms in total. The monoisotopic (exact) mass is 348 g/mol. The number of hydrogen-bond donors (Lipinski definition) is 2. The van der Waals surface area contributed by atoms with E-state index in [0.29, 0.717) is 5.76 Å². The van der Waals surface area contributed by atoms with Gasteiger partial charge in [-0.05, 0) is 39.0 Å². The molecule has 2 rings (SSSR count). The van der Waals surface area contributed by atoms with Crippen molar-refractivity contribution in [3.05, 3.63) is 41.0 Å². The van der Waals surface area contributed by atoms with Gasteiger partial charge < -0.3 is 24.5 Å². The topological polar surface area (TPSA) is 107 Å². The fourth-order valence-electron chi connectivity index (χ4n) is 2.28. The lowest BCUT2D eigenvalue weighted by molar-refractivity contribution is -0.140. The summed E-state index contributed by atoms with van der Waals surface area (Å²) in [6.45, 7) is 5.05. The zero-order valence-electron chi connectivity index (χ0n) is 14.3. The van der Waals surface area contributed by atoms with Gasteiger partial charge in [-0.25, -0.2) is 14.4 Å². The lowest BCUT2D eigenvalue weighted by atomic mass is 10.0. The SMILES string of the molecule is CCOC(=O)C1=C(COC(=O)/C=C/c2ccc(C)o2)NC(=O)N[C@@H]1C. The molecule has 0 aliphatic carbocycles. The van der Waals surface area contributed by atoms with Crippen LogP contribution < -0.4 is 10.6 Å². The summed E-state index contributed by atoms with van der Waals surface area (Å²) in [5, 5.41) is 5.04. The highest BCUT2D eigenvalue weighted by molar-refractivity contribution is 5.95. The molecule has 2 heterocycles. The molecular weight excluding hydrogens is 328 g/mol. The summed E-state index contributed by atoms with van der Waals surface area (Å²) < 4.78 is 15.4. The molecule has 1 atom stereocenters. The van der Waals surface area contributed by atoms with Crippen molar-refractivity contribution in [1.29, 1.82) is 0 Å². The summed E-state index contributed by atoms with van der Waals surface area (Å²) in [5.74, 6) is 0.0358. The second-order valence-corrected chi connectivity index (χ2v) is 5.32. The third-order valence-corrected chi connectivity index (χ3v) is 3.37. The van der Waals surface area contributed by atoms with Gasteiger partial charge in [0.1, 0.15) is 18.1 Å². The van der Waals surface area contributed by atoms with E-state index in [4.69, 9.17) is 13.9 Å². The first-order valence-corrected chi connectivity index (χ1v) is 7.79. The molecule has 0 bridgehead atoms. The Hall–Kier alpha value is -3.03. The van der Waals surface area contributed by atoms with Gasteiger partial charge in [0.2, 0.25) is 0 Å². The molecule has 1 aliphatic rings. The number of esters is 2. The van der Waals surface area contributed by atoms with Crippen molar-refractivity contribution in [2.24, 2.45) is 0 Å². The molecule has 2 N–H and O–H groups in total. The van der Waals surface area contributed by atoms with E-state index in [0.717, 1.165) is 5.76 Å². The third kappa shape index (κ3) is 4.97. The molecule has 1 aromatic rings. The molecule has 1 aliphatic heterocycles. The van der Waals surface area contributed by atoms with Gasteiger partial charge in [0.25, 0.3) is 0 Å². The van der Waals surface area contributed by atoms with Crippen LogP contribution in [-0.2, 0) is 19.1 Å². The lowest BCUT2D eigenvalue weighted by Crippen LogP contribution is -2.50. The number of ether oxygens (including phenoxy) is 2. The van der Waals surface area contributed by atoms with E-state index < -0.39 is 24.0 Å². The van der Waals surface area contributed by atoms with Crippen LogP contribution in [-0.4, -0.2) is 37.2 Å². The van der Waals surface area contributed by atoms with Crippen LogP contribution in [0.25, 0.3) is 6.08 Å². The average molecular weight is 348 g/mol. The van der Waals surface area contributed by atoms with Crippen LogP contribution in [0.5, 0.6) is 0 Å². The Morgan fingerprint density at radius 2 is 2.08 bits per heavy atom. The minimum atomic E-state index is -0.634. The number of aryl methyl sites for hydroxylation is 1. The normalized spacial score (nSPS) is 17.2. The standard InChI is InChI=1S/C17H20N2O6/c1-4-23-16(21)15-11(3)18-17(22)19-13(15)9-24-14(20)8-7-12-6-5-10(2)25-12/h5-8,11H,4,9H2,1-3H3,(H2,18,19,22)/b8-7+/t11-/m1/s1. The van der Waals surface area contributed by atoms with Gasteiger partial charge in [-0.1, -0.05) is 0 Å². The Morgan fingerprint density at radius 1 is 1.32 bits per heavy atom. The van der Waals surface area contributed by atoms with Crippen molar-refractivity contribution >= 4 is 24.0 Å². The number of nitrogens with one attached hydrogen (secondary N) is 2. The van der Waals surface area contributed by atoms with Crippen LogP contribution in [0.4, 0.5) is 4.79 Å². The maximum atomic E-state index is 12.0. The predicted octanol–water partition coefficient (Wildman–Crippen LogP) is 1.66. The Balaban J connectivity index is 2.05. The van der Waals surface area contributed by atoms with Crippen LogP contribution in [0, 0.1) is 6.92 Å². The first-order chi connectivity index (χ1) is 11.9. The molecule has 25 heavy (non-hydrogen) atoms. The minimum absolute atomic E-state index is 0.196. The molecule has 134 valence electrons. The Kier molecular flexibility index (Phi) is 5.99. The van der Waals surface area contributed by atoms with E-state index in [1.54, 1.807) is 32.9 Å². The number of hydrogen-bond acceptors (Lipinski definition) is 6. The first-order valence-electron chi connectivity index (χ1n) is 7.79. The van der Waals surface area contributed by atoms with Gasteiger partial charge >= 0.3 is 18.0 Å². The lowest BCUT2D eigenvalue weighted by Gasteiger charge is -2.26. The zero-order chi connectivity index (χ0) is 18.4.